The van der Waals surface area contributed by atoms with E-state index < -0.39 is 0 Å². The summed E-state index contributed by atoms with van der Waals surface area (Å²) in [5.41, 5.74) is 0.452. The molecule has 0 spiro atoms. The zero-order chi connectivity index (χ0) is 10.1. The Labute approximate surface area is 85.1 Å². The van der Waals surface area contributed by atoms with Crippen LogP contribution in [-0.4, -0.2) is 14.8 Å². The van der Waals surface area contributed by atoms with Crippen molar-refractivity contribution in [3.05, 3.63) is 45.6 Å². The first-order valence-electron chi connectivity index (χ1n) is 4.09. The molecule has 0 aliphatic heterocycles. The van der Waals surface area contributed by atoms with Crippen LogP contribution in [-0.2, 0) is 0 Å². The predicted octanol–water partition coefficient (Wildman–Crippen LogP) is 1.52. The molecule has 0 aliphatic carbocycles. The number of aromatic amines is 1. The number of nitrogens with one attached hydrogen (secondary N) is 1. The first-order chi connectivity index (χ1) is 6.66. The molecule has 72 valence electrons. The van der Waals surface area contributed by atoms with E-state index in [-0.39, 0.29) is 5.69 Å². The van der Waals surface area contributed by atoms with Gasteiger partial charge in [0.2, 0.25) is 0 Å². The van der Waals surface area contributed by atoms with Crippen molar-refractivity contribution in [2.24, 2.45) is 0 Å². The van der Waals surface area contributed by atoms with E-state index in [9.17, 15) is 4.79 Å². The number of aromatic nitrogens is 3. The molecule has 0 atom stereocenters. The van der Waals surface area contributed by atoms with Crippen molar-refractivity contribution in [2.45, 2.75) is 6.92 Å². The van der Waals surface area contributed by atoms with Gasteiger partial charge < -0.3 is 0 Å². The Morgan fingerprint density at radius 2 is 2.00 bits per heavy atom. The Bertz CT molecular complexity index is 498. The van der Waals surface area contributed by atoms with Crippen molar-refractivity contribution < 1.29 is 0 Å². The van der Waals surface area contributed by atoms with Gasteiger partial charge in [-0.25, -0.2) is 4.79 Å². The highest BCUT2D eigenvalue weighted by molar-refractivity contribution is 6.30. The summed E-state index contributed by atoms with van der Waals surface area (Å²) >= 11 is 5.73. The van der Waals surface area contributed by atoms with Gasteiger partial charge in [-0.1, -0.05) is 11.6 Å². The fraction of sp³-hybridized carbons (Fsp3) is 0.111. The van der Waals surface area contributed by atoms with Crippen LogP contribution in [0.2, 0.25) is 5.02 Å². The third-order valence-electron chi connectivity index (χ3n) is 1.80. The summed E-state index contributed by atoms with van der Waals surface area (Å²) < 4.78 is 1.30. The van der Waals surface area contributed by atoms with Crippen LogP contribution in [0, 0.1) is 6.92 Å². The van der Waals surface area contributed by atoms with Crippen LogP contribution in [0.25, 0.3) is 5.69 Å². The molecule has 1 N–H and O–H groups in total. The minimum atomic E-state index is -0.246. The molecule has 0 bridgehead atoms. The van der Waals surface area contributed by atoms with Crippen molar-refractivity contribution in [2.75, 3.05) is 0 Å². The Morgan fingerprint density at radius 1 is 1.36 bits per heavy atom. The molecule has 1 aromatic heterocycles. The lowest BCUT2D eigenvalue weighted by molar-refractivity contribution is 0.833. The maximum atomic E-state index is 11.3. The normalized spacial score (nSPS) is 10.4. The van der Waals surface area contributed by atoms with Gasteiger partial charge >= 0.3 is 5.69 Å². The fourth-order valence-corrected chi connectivity index (χ4v) is 1.31. The highest BCUT2D eigenvalue weighted by Crippen LogP contribution is 2.10. The average Bonchev–Trinajstić information content (AvgIpc) is 2.47. The molecule has 2 aromatic rings. The number of H-pyrrole nitrogens is 1. The minimum Gasteiger partial charge on any atom is -0.293 e. The number of hydrogen-bond donors (Lipinski definition) is 1. The van der Waals surface area contributed by atoms with Crippen LogP contribution < -0.4 is 5.69 Å². The van der Waals surface area contributed by atoms with E-state index in [1.807, 2.05) is 0 Å². The largest absolute Gasteiger partial charge is 0.348 e. The minimum absolute atomic E-state index is 0.246. The van der Waals surface area contributed by atoms with Crippen molar-refractivity contribution >= 4 is 11.6 Å². The van der Waals surface area contributed by atoms with Gasteiger partial charge in [-0.15, -0.1) is 0 Å². The highest BCUT2D eigenvalue weighted by Gasteiger charge is 2.03. The summed E-state index contributed by atoms with van der Waals surface area (Å²) in [7, 11) is 0. The number of rotatable bonds is 1. The van der Waals surface area contributed by atoms with Crippen LogP contribution in [0.5, 0.6) is 0 Å². The molecule has 0 amide bonds. The number of benzene rings is 1. The SMILES string of the molecule is Cc1nn(-c2ccc(Cl)cc2)c(=O)[nH]1. The summed E-state index contributed by atoms with van der Waals surface area (Å²) in [4.78, 5) is 13.9. The summed E-state index contributed by atoms with van der Waals surface area (Å²) in [6.07, 6.45) is 0. The van der Waals surface area contributed by atoms with Crippen molar-refractivity contribution in [1.29, 1.82) is 0 Å². The van der Waals surface area contributed by atoms with Gasteiger partial charge in [0.1, 0.15) is 5.82 Å². The third kappa shape index (κ3) is 1.56. The molecule has 1 heterocycles. The summed E-state index contributed by atoms with van der Waals surface area (Å²) in [6, 6.07) is 6.91. The molecule has 0 saturated carbocycles. The van der Waals surface area contributed by atoms with E-state index in [2.05, 4.69) is 10.1 Å². The van der Waals surface area contributed by atoms with Crippen molar-refractivity contribution in [3.63, 3.8) is 0 Å². The number of halogens is 1. The molecule has 0 unspecified atom stereocenters. The molecule has 14 heavy (non-hydrogen) atoms. The van der Waals surface area contributed by atoms with Crippen molar-refractivity contribution in [3.8, 4) is 5.69 Å². The monoisotopic (exact) mass is 209 g/mol. The average molecular weight is 210 g/mol. The maximum Gasteiger partial charge on any atom is 0.348 e. The summed E-state index contributed by atoms with van der Waals surface area (Å²) in [5, 5.41) is 4.65. The second-order valence-electron chi connectivity index (χ2n) is 2.90. The van der Waals surface area contributed by atoms with E-state index in [4.69, 9.17) is 11.6 Å². The zero-order valence-corrected chi connectivity index (χ0v) is 8.25. The lowest BCUT2D eigenvalue weighted by Crippen LogP contribution is -2.15. The number of aryl methyl sites for hydroxylation is 1. The van der Waals surface area contributed by atoms with Crippen LogP contribution in [0.1, 0.15) is 5.82 Å². The van der Waals surface area contributed by atoms with Gasteiger partial charge in [0.25, 0.3) is 0 Å². The van der Waals surface area contributed by atoms with Gasteiger partial charge in [0.15, 0.2) is 0 Å². The first kappa shape index (κ1) is 9.02. The molecule has 2 rings (SSSR count). The quantitative estimate of drug-likeness (QED) is 0.774. The van der Waals surface area contributed by atoms with E-state index in [1.165, 1.54) is 4.68 Å². The van der Waals surface area contributed by atoms with E-state index in [0.717, 1.165) is 0 Å². The highest BCUT2D eigenvalue weighted by atomic mass is 35.5. The Morgan fingerprint density at radius 3 is 2.50 bits per heavy atom. The van der Waals surface area contributed by atoms with E-state index in [0.29, 0.717) is 16.5 Å². The number of hydrogen-bond acceptors (Lipinski definition) is 2. The lowest BCUT2D eigenvalue weighted by Gasteiger charge is -1.97. The molecule has 0 radical (unpaired) electrons. The van der Waals surface area contributed by atoms with Gasteiger partial charge in [-0.05, 0) is 31.2 Å². The summed E-state index contributed by atoms with van der Waals surface area (Å²) in [5.74, 6) is 0.588. The van der Waals surface area contributed by atoms with Crippen LogP contribution >= 0.6 is 11.6 Å². The zero-order valence-electron chi connectivity index (χ0n) is 7.49. The van der Waals surface area contributed by atoms with Gasteiger partial charge in [-0.2, -0.15) is 9.78 Å². The summed E-state index contributed by atoms with van der Waals surface area (Å²) in [6.45, 7) is 1.73. The van der Waals surface area contributed by atoms with Gasteiger partial charge in [-0.3, -0.25) is 4.98 Å². The van der Waals surface area contributed by atoms with Crippen LogP contribution in [0.15, 0.2) is 29.1 Å². The lowest BCUT2D eigenvalue weighted by atomic mass is 10.3. The van der Waals surface area contributed by atoms with Gasteiger partial charge in [0.05, 0.1) is 5.69 Å². The molecular weight excluding hydrogens is 202 g/mol. The van der Waals surface area contributed by atoms with Crippen molar-refractivity contribution in [1.82, 2.24) is 14.8 Å². The van der Waals surface area contributed by atoms with E-state index >= 15 is 0 Å². The maximum absolute atomic E-state index is 11.3. The smallest absolute Gasteiger partial charge is 0.293 e. The topological polar surface area (TPSA) is 50.7 Å². The Kier molecular flexibility index (Phi) is 2.13. The fourth-order valence-electron chi connectivity index (χ4n) is 1.19. The predicted molar refractivity (Wildman–Crippen MR) is 53.9 cm³/mol. The molecule has 1 aromatic carbocycles. The van der Waals surface area contributed by atoms with Gasteiger partial charge in [0, 0.05) is 5.02 Å². The van der Waals surface area contributed by atoms with Crippen LogP contribution in [0.3, 0.4) is 0 Å². The Balaban J connectivity index is 2.54. The first-order valence-corrected chi connectivity index (χ1v) is 4.46. The molecule has 0 saturated heterocycles. The second-order valence-corrected chi connectivity index (χ2v) is 3.34. The Hall–Kier alpha value is -1.55. The number of nitrogens with zero attached hydrogens (tertiary/aromatic N) is 2. The molecule has 0 fully saturated rings. The molecule has 4 nitrogen and oxygen atoms in total. The molecule has 5 heteroatoms. The molecular formula is C9H8ClN3O. The second kappa shape index (κ2) is 3.31. The molecule has 0 aliphatic rings. The van der Waals surface area contributed by atoms with E-state index in [1.54, 1.807) is 31.2 Å². The van der Waals surface area contributed by atoms with Crippen LogP contribution in [0.4, 0.5) is 0 Å². The third-order valence-corrected chi connectivity index (χ3v) is 2.05. The standard InChI is InChI=1S/C9H8ClN3O/c1-6-11-9(14)13(12-6)8-4-2-7(10)3-5-8/h2-5H,1H3,(H,11,12,14).